The van der Waals surface area contributed by atoms with E-state index < -0.39 is 5.54 Å². The summed E-state index contributed by atoms with van der Waals surface area (Å²) in [6, 6.07) is 10.7. The average Bonchev–Trinajstić information content (AvgIpc) is 2.84. The minimum atomic E-state index is -0.405. The number of benzene rings is 1. The van der Waals surface area contributed by atoms with Crippen molar-refractivity contribution in [1.29, 1.82) is 0 Å². The molecule has 0 aromatic heterocycles. The zero-order chi connectivity index (χ0) is 16.0. The van der Waals surface area contributed by atoms with E-state index in [1.807, 2.05) is 0 Å². The summed E-state index contributed by atoms with van der Waals surface area (Å²) in [7, 11) is 0. The molecular formula is C22H27N. The lowest BCUT2D eigenvalue weighted by molar-refractivity contribution is 0.292. The number of rotatable bonds is 3. The molecule has 23 heavy (non-hydrogen) atoms. The standard InChI is InChI=1S/C22H27N/c23-22(21-17-11-6-12-18-21,20-15-9-4-5-10-16-20)19-13-7-2-1-3-8-14-19/h1-3,6-8,11-14,17-18,20H,4-5,9-10,15-16,23H2/b2-1-,3-1?,7-2?,8-3-,13-7-,14-8?,19-13?,19-14+. The topological polar surface area (TPSA) is 26.0 Å². The molecule has 0 amide bonds. The van der Waals surface area contributed by atoms with Gasteiger partial charge in [-0.1, -0.05) is 98.5 Å². The van der Waals surface area contributed by atoms with Gasteiger partial charge >= 0.3 is 0 Å². The third-order valence-electron chi connectivity index (χ3n) is 5.22. The van der Waals surface area contributed by atoms with Crippen LogP contribution in [0.2, 0.25) is 0 Å². The van der Waals surface area contributed by atoms with Crippen molar-refractivity contribution < 1.29 is 0 Å². The van der Waals surface area contributed by atoms with Gasteiger partial charge in [-0.3, -0.25) is 0 Å². The molecule has 0 saturated heterocycles. The maximum absolute atomic E-state index is 7.18. The third-order valence-corrected chi connectivity index (χ3v) is 5.22. The Balaban J connectivity index is 2.05. The highest BCUT2D eigenvalue weighted by atomic mass is 14.8. The van der Waals surface area contributed by atoms with E-state index in [1.54, 1.807) is 0 Å². The quantitative estimate of drug-likeness (QED) is 0.741. The van der Waals surface area contributed by atoms with Crippen LogP contribution in [0.4, 0.5) is 0 Å². The summed E-state index contributed by atoms with van der Waals surface area (Å²) in [5, 5.41) is 0. The van der Waals surface area contributed by atoms with Crippen molar-refractivity contribution in [2.24, 2.45) is 11.7 Å². The van der Waals surface area contributed by atoms with Crippen LogP contribution in [-0.4, -0.2) is 0 Å². The minimum absolute atomic E-state index is 0.405. The Morgan fingerprint density at radius 1 is 0.783 bits per heavy atom. The number of allylic oxidation sites excluding steroid dienone is 6. The first-order valence-corrected chi connectivity index (χ1v) is 8.88. The first-order chi connectivity index (χ1) is 11.3. The Morgan fingerprint density at radius 2 is 1.43 bits per heavy atom. The lowest BCUT2D eigenvalue weighted by Crippen LogP contribution is -2.45. The molecule has 0 heterocycles. The second-order valence-corrected chi connectivity index (χ2v) is 6.67. The van der Waals surface area contributed by atoms with E-state index in [4.69, 9.17) is 5.73 Å². The van der Waals surface area contributed by atoms with E-state index in [-0.39, 0.29) is 0 Å². The fraction of sp³-hybridized carbons (Fsp3) is 0.364. The number of hydrogen-bond donors (Lipinski definition) is 1. The van der Waals surface area contributed by atoms with Gasteiger partial charge in [0.05, 0.1) is 5.54 Å². The van der Waals surface area contributed by atoms with Crippen LogP contribution in [0.25, 0.3) is 0 Å². The molecule has 1 aromatic rings. The number of nitrogens with two attached hydrogens (primary N) is 1. The molecule has 1 unspecified atom stereocenters. The summed E-state index contributed by atoms with van der Waals surface area (Å²) < 4.78 is 0. The average molecular weight is 305 g/mol. The molecule has 2 aliphatic carbocycles. The van der Waals surface area contributed by atoms with Gasteiger partial charge in [0.25, 0.3) is 0 Å². The smallest absolute Gasteiger partial charge is 0.0694 e. The SMILES string of the molecule is NC(C1=C/C=C\C=C/C=C\1)(c1ccccc1)C1CCCCCC1. The van der Waals surface area contributed by atoms with Gasteiger partial charge in [-0.25, -0.2) is 0 Å². The molecule has 0 spiro atoms. The molecule has 2 N–H and O–H groups in total. The molecule has 1 aromatic carbocycles. The minimum Gasteiger partial charge on any atom is -0.317 e. The van der Waals surface area contributed by atoms with Gasteiger partial charge in [0, 0.05) is 0 Å². The maximum atomic E-state index is 7.18. The van der Waals surface area contributed by atoms with Crippen LogP contribution in [0.5, 0.6) is 0 Å². The second kappa shape index (κ2) is 7.61. The molecule has 0 aliphatic heterocycles. The van der Waals surface area contributed by atoms with Crippen LogP contribution in [0.3, 0.4) is 0 Å². The molecule has 120 valence electrons. The van der Waals surface area contributed by atoms with E-state index in [2.05, 4.69) is 72.9 Å². The van der Waals surface area contributed by atoms with Gasteiger partial charge in [-0.2, -0.15) is 0 Å². The van der Waals surface area contributed by atoms with Gasteiger partial charge in [-0.05, 0) is 29.9 Å². The first kappa shape index (κ1) is 16.0. The lowest BCUT2D eigenvalue weighted by Gasteiger charge is -2.39. The summed E-state index contributed by atoms with van der Waals surface area (Å²) >= 11 is 0. The van der Waals surface area contributed by atoms with E-state index in [9.17, 15) is 0 Å². The van der Waals surface area contributed by atoms with Crippen LogP contribution >= 0.6 is 0 Å². The Bertz CT molecular complexity index is 613. The van der Waals surface area contributed by atoms with E-state index in [0.717, 1.165) is 0 Å². The van der Waals surface area contributed by atoms with E-state index >= 15 is 0 Å². The fourth-order valence-corrected chi connectivity index (χ4v) is 3.93. The Hall–Kier alpha value is -1.86. The molecule has 1 saturated carbocycles. The normalized spacial score (nSPS) is 28.3. The maximum Gasteiger partial charge on any atom is 0.0694 e. The molecule has 0 radical (unpaired) electrons. The molecule has 2 aliphatic rings. The van der Waals surface area contributed by atoms with Crippen molar-refractivity contribution in [3.63, 3.8) is 0 Å². The van der Waals surface area contributed by atoms with Crippen molar-refractivity contribution in [3.05, 3.63) is 84.0 Å². The van der Waals surface area contributed by atoms with Crippen molar-refractivity contribution in [2.75, 3.05) is 0 Å². The highest BCUT2D eigenvalue weighted by molar-refractivity contribution is 5.45. The summed E-state index contributed by atoms with van der Waals surface area (Å²) in [4.78, 5) is 0. The van der Waals surface area contributed by atoms with Crippen LogP contribution in [0, 0.1) is 5.92 Å². The van der Waals surface area contributed by atoms with Crippen molar-refractivity contribution >= 4 is 0 Å². The fourth-order valence-electron chi connectivity index (χ4n) is 3.93. The Kier molecular flexibility index (Phi) is 5.30. The van der Waals surface area contributed by atoms with Crippen LogP contribution < -0.4 is 5.73 Å². The van der Waals surface area contributed by atoms with Crippen LogP contribution in [0.1, 0.15) is 44.1 Å². The first-order valence-electron chi connectivity index (χ1n) is 8.88. The van der Waals surface area contributed by atoms with Crippen molar-refractivity contribution in [3.8, 4) is 0 Å². The molecule has 1 fully saturated rings. The highest BCUT2D eigenvalue weighted by Gasteiger charge is 2.38. The monoisotopic (exact) mass is 305 g/mol. The van der Waals surface area contributed by atoms with E-state index in [0.29, 0.717) is 5.92 Å². The predicted octanol–water partition coefficient (Wildman–Crippen LogP) is 5.42. The molecule has 0 bridgehead atoms. The predicted molar refractivity (Wildman–Crippen MR) is 99.0 cm³/mol. The summed E-state index contributed by atoms with van der Waals surface area (Å²) in [6.45, 7) is 0. The highest BCUT2D eigenvalue weighted by Crippen LogP contribution is 2.42. The zero-order valence-electron chi connectivity index (χ0n) is 13.8. The second-order valence-electron chi connectivity index (χ2n) is 6.67. The summed E-state index contributed by atoms with van der Waals surface area (Å²) in [5.41, 5.74) is 9.23. The van der Waals surface area contributed by atoms with Gasteiger partial charge in [0.2, 0.25) is 0 Å². The molecule has 3 rings (SSSR count). The largest absolute Gasteiger partial charge is 0.317 e. The van der Waals surface area contributed by atoms with Crippen LogP contribution in [-0.2, 0) is 5.54 Å². The van der Waals surface area contributed by atoms with Crippen molar-refractivity contribution in [2.45, 2.75) is 44.1 Å². The van der Waals surface area contributed by atoms with Crippen molar-refractivity contribution in [1.82, 2.24) is 0 Å². The zero-order valence-corrected chi connectivity index (χ0v) is 13.8. The number of hydrogen-bond acceptors (Lipinski definition) is 1. The molecule has 1 nitrogen and oxygen atoms in total. The van der Waals surface area contributed by atoms with E-state index in [1.165, 1.54) is 49.7 Å². The van der Waals surface area contributed by atoms with Gasteiger partial charge in [-0.15, -0.1) is 0 Å². The van der Waals surface area contributed by atoms with Gasteiger partial charge in [0.1, 0.15) is 0 Å². The summed E-state index contributed by atoms with van der Waals surface area (Å²) in [6.07, 6.45) is 22.5. The Labute approximate surface area is 140 Å². The summed E-state index contributed by atoms with van der Waals surface area (Å²) in [5.74, 6) is 0.500. The molecular weight excluding hydrogens is 278 g/mol. The van der Waals surface area contributed by atoms with Gasteiger partial charge < -0.3 is 5.73 Å². The molecule has 1 atom stereocenters. The van der Waals surface area contributed by atoms with Gasteiger partial charge in [0.15, 0.2) is 0 Å². The Morgan fingerprint density at radius 3 is 2.17 bits per heavy atom. The molecule has 1 heteroatoms. The lowest BCUT2D eigenvalue weighted by atomic mass is 9.70. The van der Waals surface area contributed by atoms with Crippen LogP contribution in [0.15, 0.2) is 78.4 Å². The third kappa shape index (κ3) is 3.56.